The summed E-state index contributed by atoms with van der Waals surface area (Å²) < 4.78 is 4.65. The lowest BCUT2D eigenvalue weighted by Crippen LogP contribution is -2.09. The minimum atomic E-state index is -0.486. The summed E-state index contributed by atoms with van der Waals surface area (Å²) in [5.41, 5.74) is 0.766. The van der Waals surface area contributed by atoms with E-state index in [1.807, 2.05) is 0 Å². The topological polar surface area (TPSA) is 43.4 Å². The van der Waals surface area contributed by atoms with Gasteiger partial charge in [0, 0.05) is 0 Å². The Morgan fingerprint density at radius 2 is 1.91 bits per heavy atom. The van der Waals surface area contributed by atoms with Crippen LogP contribution in [0.3, 0.4) is 0 Å². The van der Waals surface area contributed by atoms with Crippen molar-refractivity contribution < 1.29 is 14.3 Å². The molecule has 0 saturated carbocycles. The average molecular weight is 156 g/mol. The van der Waals surface area contributed by atoms with Crippen LogP contribution in [0.4, 0.5) is 0 Å². The molecule has 11 heavy (non-hydrogen) atoms. The molecule has 0 heterocycles. The lowest BCUT2D eigenvalue weighted by Gasteiger charge is -2.01. The number of hydrogen-bond donors (Lipinski definition) is 0. The van der Waals surface area contributed by atoms with E-state index in [1.54, 1.807) is 6.92 Å². The molecule has 0 saturated heterocycles. The Morgan fingerprint density at radius 1 is 1.36 bits per heavy atom. The number of Topliss-reactive ketones (excluding diaryl/α,β-unsaturated/α-hetero) is 1. The number of carbonyl (C=O) groups excluding carboxylic acids is 2. The Kier molecular flexibility index (Phi) is 4.18. The number of rotatable bonds is 4. The Balaban J connectivity index is 3.53. The Hall–Kier alpha value is -1.12. The zero-order valence-corrected chi connectivity index (χ0v) is 6.85. The summed E-state index contributed by atoms with van der Waals surface area (Å²) in [5, 5.41) is 0. The van der Waals surface area contributed by atoms with Crippen LogP contribution in [0, 0.1) is 0 Å². The minimum absolute atomic E-state index is 0.146. The Morgan fingerprint density at radius 3 is 2.27 bits per heavy atom. The highest BCUT2D eigenvalue weighted by Gasteiger charge is 2.05. The number of hydrogen-bond acceptors (Lipinski definition) is 3. The summed E-state index contributed by atoms with van der Waals surface area (Å²) in [6.07, 6.45) is -0.146. The lowest BCUT2D eigenvalue weighted by molar-refractivity contribution is -0.144. The molecule has 0 aromatic heterocycles. The molecule has 0 N–H and O–H groups in total. The summed E-state index contributed by atoms with van der Waals surface area (Å²) in [6.45, 7) is 6.84. The normalized spacial score (nSPS) is 8.91. The fourth-order valence-corrected chi connectivity index (χ4v) is 0.458. The molecule has 0 aromatic rings. The zero-order valence-electron chi connectivity index (χ0n) is 6.85. The SMILES string of the molecule is C=C(C)COC(=O)CC(C)=O. The molecule has 0 unspecified atom stereocenters. The standard InChI is InChI=1S/C8H12O3/c1-6(2)5-11-8(10)4-7(3)9/h1,4-5H2,2-3H3. The van der Waals surface area contributed by atoms with Gasteiger partial charge in [0.15, 0.2) is 0 Å². The summed E-state index contributed by atoms with van der Waals surface area (Å²) in [5.74, 6) is -0.669. The van der Waals surface area contributed by atoms with Gasteiger partial charge in [-0.05, 0) is 19.4 Å². The van der Waals surface area contributed by atoms with Gasteiger partial charge in [-0.2, -0.15) is 0 Å². The third-order valence-electron chi connectivity index (χ3n) is 0.873. The van der Waals surface area contributed by atoms with Crippen LogP contribution in [0.5, 0.6) is 0 Å². The Labute approximate surface area is 66.0 Å². The fraction of sp³-hybridized carbons (Fsp3) is 0.500. The summed E-state index contributed by atoms with van der Waals surface area (Å²) in [4.78, 5) is 21.0. The third-order valence-corrected chi connectivity index (χ3v) is 0.873. The van der Waals surface area contributed by atoms with Gasteiger partial charge >= 0.3 is 5.97 Å². The number of ether oxygens (including phenoxy) is 1. The van der Waals surface area contributed by atoms with Crippen molar-refractivity contribution in [2.24, 2.45) is 0 Å². The van der Waals surface area contributed by atoms with E-state index < -0.39 is 5.97 Å². The smallest absolute Gasteiger partial charge is 0.313 e. The first-order valence-corrected chi connectivity index (χ1v) is 3.32. The molecule has 3 nitrogen and oxygen atoms in total. The van der Waals surface area contributed by atoms with Gasteiger partial charge in [0.05, 0.1) is 0 Å². The molecule has 62 valence electrons. The van der Waals surface area contributed by atoms with Crippen LogP contribution in [-0.2, 0) is 14.3 Å². The average Bonchev–Trinajstić information content (AvgIpc) is 1.82. The van der Waals surface area contributed by atoms with Crippen LogP contribution in [0.2, 0.25) is 0 Å². The molecule has 0 bridgehead atoms. The number of carbonyl (C=O) groups is 2. The second-order valence-corrected chi connectivity index (χ2v) is 2.50. The second kappa shape index (κ2) is 4.66. The maximum atomic E-state index is 10.7. The number of esters is 1. The molecule has 3 heteroatoms. The molecule has 0 aromatic carbocycles. The van der Waals surface area contributed by atoms with E-state index in [4.69, 9.17) is 0 Å². The van der Waals surface area contributed by atoms with Crippen molar-refractivity contribution in [2.45, 2.75) is 20.3 Å². The maximum absolute atomic E-state index is 10.7. The predicted octanol–water partition coefficient (Wildman–Crippen LogP) is 1.08. The molecule has 0 amide bonds. The summed E-state index contributed by atoms with van der Waals surface area (Å²) >= 11 is 0. The largest absolute Gasteiger partial charge is 0.461 e. The first-order valence-electron chi connectivity index (χ1n) is 3.32. The lowest BCUT2D eigenvalue weighted by atomic mass is 10.3. The van der Waals surface area contributed by atoms with Crippen molar-refractivity contribution in [3.8, 4) is 0 Å². The molecule has 0 aliphatic rings. The Bertz CT molecular complexity index is 182. The first kappa shape index (κ1) is 9.88. The molecule has 0 aliphatic heterocycles. The van der Waals surface area contributed by atoms with Crippen molar-refractivity contribution in [1.29, 1.82) is 0 Å². The number of ketones is 1. The highest BCUT2D eigenvalue weighted by atomic mass is 16.5. The van der Waals surface area contributed by atoms with Gasteiger partial charge < -0.3 is 4.74 Å². The highest BCUT2D eigenvalue weighted by Crippen LogP contribution is 1.92. The second-order valence-electron chi connectivity index (χ2n) is 2.50. The van der Waals surface area contributed by atoms with E-state index in [0.29, 0.717) is 0 Å². The van der Waals surface area contributed by atoms with Crippen LogP contribution in [0.15, 0.2) is 12.2 Å². The van der Waals surface area contributed by atoms with Crippen molar-refractivity contribution in [1.82, 2.24) is 0 Å². The fourth-order valence-electron chi connectivity index (χ4n) is 0.458. The molecule has 0 aliphatic carbocycles. The van der Waals surface area contributed by atoms with Crippen LogP contribution >= 0.6 is 0 Å². The molecule has 0 spiro atoms. The quantitative estimate of drug-likeness (QED) is 0.347. The first-order chi connectivity index (χ1) is 5.02. The molecule has 0 radical (unpaired) electrons. The van der Waals surface area contributed by atoms with Gasteiger partial charge in [-0.25, -0.2) is 0 Å². The summed E-state index contributed by atoms with van der Waals surface area (Å²) in [7, 11) is 0. The van der Waals surface area contributed by atoms with Crippen molar-refractivity contribution in [3.05, 3.63) is 12.2 Å². The van der Waals surface area contributed by atoms with Crippen molar-refractivity contribution in [2.75, 3.05) is 6.61 Å². The van der Waals surface area contributed by atoms with E-state index in [2.05, 4.69) is 11.3 Å². The minimum Gasteiger partial charge on any atom is -0.461 e. The van der Waals surface area contributed by atoms with E-state index in [9.17, 15) is 9.59 Å². The van der Waals surface area contributed by atoms with Gasteiger partial charge in [0.2, 0.25) is 0 Å². The molecular weight excluding hydrogens is 144 g/mol. The van der Waals surface area contributed by atoms with Gasteiger partial charge in [-0.15, -0.1) is 0 Å². The highest BCUT2D eigenvalue weighted by molar-refractivity contribution is 5.94. The maximum Gasteiger partial charge on any atom is 0.313 e. The van der Waals surface area contributed by atoms with Gasteiger partial charge in [-0.1, -0.05) is 6.58 Å². The molecule has 0 atom stereocenters. The monoisotopic (exact) mass is 156 g/mol. The van der Waals surface area contributed by atoms with Gasteiger partial charge in [0.25, 0.3) is 0 Å². The van der Waals surface area contributed by atoms with Crippen LogP contribution in [0.1, 0.15) is 20.3 Å². The van der Waals surface area contributed by atoms with E-state index in [1.165, 1.54) is 6.92 Å². The van der Waals surface area contributed by atoms with Crippen LogP contribution in [0.25, 0.3) is 0 Å². The zero-order chi connectivity index (χ0) is 8.85. The molecule has 0 fully saturated rings. The van der Waals surface area contributed by atoms with Crippen molar-refractivity contribution >= 4 is 11.8 Å². The van der Waals surface area contributed by atoms with E-state index >= 15 is 0 Å². The molecule has 0 rings (SSSR count). The predicted molar refractivity (Wildman–Crippen MR) is 41.1 cm³/mol. The molecular formula is C8H12O3. The van der Waals surface area contributed by atoms with Gasteiger partial charge in [0.1, 0.15) is 18.8 Å². The van der Waals surface area contributed by atoms with Crippen LogP contribution in [-0.4, -0.2) is 18.4 Å². The summed E-state index contributed by atoms with van der Waals surface area (Å²) in [6, 6.07) is 0. The van der Waals surface area contributed by atoms with E-state index in [-0.39, 0.29) is 18.8 Å². The van der Waals surface area contributed by atoms with E-state index in [0.717, 1.165) is 5.57 Å². The third kappa shape index (κ3) is 6.77. The van der Waals surface area contributed by atoms with Gasteiger partial charge in [-0.3, -0.25) is 9.59 Å². The van der Waals surface area contributed by atoms with Crippen LogP contribution < -0.4 is 0 Å². The van der Waals surface area contributed by atoms with Crippen molar-refractivity contribution in [3.63, 3.8) is 0 Å².